The number of aromatic nitrogens is 1. The van der Waals surface area contributed by atoms with E-state index in [2.05, 4.69) is 30.2 Å². The lowest BCUT2D eigenvalue weighted by Gasteiger charge is -2.30. The number of likely N-dealkylation sites (N-methyl/N-ethyl adjacent to an activating group) is 1. The summed E-state index contributed by atoms with van der Waals surface area (Å²) in [5.74, 6) is -0.223. The largest absolute Gasteiger partial charge is 0.466 e. The minimum atomic E-state index is -0.244. The van der Waals surface area contributed by atoms with Gasteiger partial charge in [0.05, 0.1) is 18.6 Å². The number of carbonyl (C=O) groups is 2. The zero-order chi connectivity index (χ0) is 20.8. The molecule has 1 aromatic heterocycles. The van der Waals surface area contributed by atoms with Gasteiger partial charge in [-0.2, -0.15) is 0 Å². The average Bonchev–Trinajstić information content (AvgIpc) is 3.21. The number of esters is 1. The number of carbonyl (C=O) groups excluding carboxylic acids is 2. The molecule has 1 unspecified atom stereocenters. The van der Waals surface area contributed by atoms with Crippen LogP contribution in [0, 0.1) is 13.8 Å². The third-order valence-corrected chi connectivity index (χ3v) is 5.75. The molecule has 1 aliphatic rings. The van der Waals surface area contributed by atoms with Crippen molar-refractivity contribution in [3.05, 3.63) is 23.0 Å². The van der Waals surface area contributed by atoms with Gasteiger partial charge in [0, 0.05) is 36.6 Å². The fraction of sp³-hybridized carbons (Fsp3) is 0.727. The number of aryl methyl sites for hydroxylation is 1. The Morgan fingerprint density at radius 3 is 2.57 bits per heavy atom. The summed E-state index contributed by atoms with van der Waals surface area (Å²) < 4.78 is 7.28. The van der Waals surface area contributed by atoms with Crippen LogP contribution in [0.2, 0.25) is 0 Å². The van der Waals surface area contributed by atoms with Crippen molar-refractivity contribution < 1.29 is 14.3 Å². The van der Waals surface area contributed by atoms with Crippen LogP contribution in [0.4, 0.5) is 0 Å². The predicted molar refractivity (Wildman–Crippen MR) is 112 cm³/mol. The molecule has 0 aliphatic carbocycles. The molecule has 0 N–H and O–H groups in total. The molecule has 1 fully saturated rings. The summed E-state index contributed by atoms with van der Waals surface area (Å²) in [7, 11) is 0. The SMILES string of the molecule is CCOC(=O)CCN(CC1CCCN1CC)C(=O)c1cc(C)n(C(C)C)c1C. The summed E-state index contributed by atoms with van der Waals surface area (Å²) in [5, 5.41) is 0. The summed E-state index contributed by atoms with van der Waals surface area (Å²) in [5.41, 5.74) is 2.84. The average molecular weight is 392 g/mol. The van der Waals surface area contributed by atoms with E-state index in [1.807, 2.05) is 24.8 Å². The van der Waals surface area contributed by atoms with E-state index in [-0.39, 0.29) is 18.3 Å². The van der Waals surface area contributed by atoms with E-state index in [1.54, 1.807) is 6.92 Å². The van der Waals surface area contributed by atoms with Gasteiger partial charge < -0.3 is 14.2 Å². The minimum Gasteiger partial charge on any atom is -0.466 e. The Labute approximate surface area is 169 Å². The molecule has 0 radical (unpaired) electrons. The van der Waals surface area contributed by atoms with Crippen molar-refractivity contribution in [2.45, 2.75) is 72.9 Å². The van der Waals surface area contributed by atoms with Crippen LogP contribution in [-0.2, 0) is 9.53 Å². The van der Waals surface area contributed by atoms with E-state index in [0.29, 0.717) is 31.8 Å². The first-order chi connectivity index (χ1) is 13.3. The summed E-state index contributed by atoms with van der Waals surface area (Å²) in [4.78, 5) is 29.6. The van der Waals surface area contributed by atoms with E-state index >= 15 is 0 Å². The predicted octanol–water partition coefficient (Wildman–Crippen LogP) is 3.57. The maximum absolute atomic E-state index is 13.4. The molecular formula is C22H37N3O3. The molecule has 158 valence electrons. The summed E-state index contributed by atoms with van der Waals surface area (Å²) >= 11 is 0. The molecule has 28 heavy (non-hydrogen) atoms. The van der Waals surface area contributed by atoms with Gasteiger partial charge in [-0.3, -0.25) is 14.5 Å². The van der Waals surface area contributed by atoms with Crippen LogP contribution >= 0.6 is 0 Å². The number of hydrogen-bond acceptors (Lipinski definition) is 4. The highest BCUT2D eigenvalue weighted by atomic mass is 16.5. The third kappa shape index (κ3) is 5.16. The maximum atomic E-state index is 13.4. The van der Waals surface area contributed by atoms with Crippen LogP contribution in [0.1, 0.15) is 74.7 Å². The second kappa shape index (κ2) is 10.1. The molecule has 0 spiro atoms. The lowest BCUT2D eigenvalue weighted by Crippen LogP contribution is -2.44. The third-order valence-electron chi connectivity index (χ3n) is 5.75. The Morgan fingerprint density at radius 1 is 1.29 bits per heavy atom. The van der Waals surface area contributed by atoms with Gasteiger partial charge in [-0.05, 0) is 66.6 Å². The van der Waals surface area contributed by atoms with Gasteiger partial charge in [0.1, 0.15) is 0 Å². The molecule has 1 aliphatic heterocycles. The Morgan fingerprint density at radius 2 is 2.00 bits per heavy atom. The first-order valence-corrected chi connectivity index (χ1v) is 10.7. The highest BCUT2D eigenvalue weighted by Gasteiger charge is 2.29. The molecule has 2 rings (SSSR count). The molecule has 2 heterocycles. The Kier molecular flexibility index (Phi) is 8.10. The fourth-order valence-electron chi connectivity index (χ4n) is 4.47. The molecule has 6 heteroatoms. The lowest BCUT2D eigenvalue weighted by atomic mass is 10.1. The van der Waals surface area contributed by atoms with Crippen LogP contribution in [-0.4, -0.2) is 65.1 Å². The zero-order valence-corrected chi connectivity index (χ0v) is 18.5. The molecule has 1 aromatic rings. The molecule has 1 atom stereocenters. The minimum absolute atomic E-state index is 0.0206. The van der Waals surface area contributed by atoms with Gasteiger partial charge in [0.2, 0.25) is 0 Å². The van der Waals surface area contributed by atoms with Crippen LogP contribution in [0.15, 0.2) is 6.07 Å². The van der Waals surface area contributed by atoms with E-state index in [1.165, 1.54) is 6.42 Å². The highest BCUT2D eigenvalue weighted by molar-refractivity contribution is 5.96. The van der Waals surface area contributed by atoms with Gasteiger partial charge in [0.25, 0.3) is 5.91 Å². The number of likely N-dealkylation sites (tertiary alicyclic amines) is 1. The van der Waals surface area contributed by atoms with Crippen molar-refractivity contribution in [3.63, 3.8) is 0 Å². The van der Waals surface area contributed by atoms with Crippen molar-refractivity contribution in [2.75, 3.05) is 32.8 Å². The van der Waals surface area contributed by atoms with Gasteiger partial charge in [-0.25, -0.2) is 0 Å². The van der Waals surface area contributed by atoms with E-state index in [4.69, 9.17) is 4.74 Å². The van der Waals surface area contributed by atoms with Gasteiger partial charge >= 0.3 is 5.97 Å². The van der Waals surface area contributed by atoms with Crippen molar-refractivity contribution in [2.24, 2.45) is 0 Å². The number of hydrogen-bond donors (Lipinski definition) is 0. The van der Waals surface area contributed by atoms with Crippen molar-refractivity contribution in [3.8, 4) is 0 Å². The van der Waals surface area contributed by atoms with Crippen molar-refractivity contribution in [1.82, 2.24) is 14.4 Å². The number of amides is 1. The topological polar surface area (TPSA) is 54.8 Å². The molecule has 6 nitrogen and oxygen atoms in total. The second-order valence-electron chi connectivity index (χ2n) is 7.98. The Bertz CT molecular complexity index is 681. The van der Waals surface area contributed by atoms with Gasteiger partial charge in [-0.1, -0.05) is 6.92 Å². The first kappa shape index (κ1) is 22.5. The molecule has 0 aromatic carbocycles. The van der Waals surface area contributed by atoms with Crippen LogP contribution in [0.25, 0.3) is 0 Å². The van der Waals surface area contributed by atoms with E-state index in [0.717, 1.165) is 36.5 Å². The monoisotopic (exact) mass is 391 g/mol. The number of nitrogens with zero attached hydrogens (tertiary/aromatic N) is 3. The molecule has 1 saturated heterocycles. The lowest BCUT2D eigenvalue weighted by molar-refractivity contribution is -0.143. The molecule has 0 saturated carbocycles. The van der Waals surface area contributed by atoms with Gasteiger partial charge in [0.15, 0.2) is 0 Å². The number of ether oxygens (including phenoxy) is 1. The van der Waals surface area contributed by atoms with E-state index < -0.39 is 0 Å². The van der Waals surface area contributed by atoms with E-state index in [9.17, 15) is 9.59 Å². The van der Waals surface area contributed by atoms with Crippen LogP contribution < -0.4 is 0 Å². The summed E-state index contributed by atoms with van der Waals surface area (Å²) in [6.07, 6.45) is 2.50. The first-order valence-electron chi connectivity index (χ1n) is 10.7. The molecule has 1 amide bonds. The normalized spacial score (nSPS) is 17.3. The standard InChI is InChI=1S/C22H37N3O3/c1-7-23-12-9-10-19(23)15-24(13-11-21(26)28-8-2)22(27)20-14-17(5)25(16(3)4)18(20)6/h14,16,19H,7-13,15H2,1-6H3. The summed E-state index contributed by atoms with van der Waals surface area (Å²) in [6.45, 7) is 15.8. The molecular weight excluding hydrogens is 354 g/mol. The van der Waals surface area contributed by atoms with Crippen LogP contribution in [0.5, 0.6) is 0 Å². The van der Waals surface area contributed by atoms with Crippen LogP contribution in [0.3, 0.4) is 0 Å². The second-order valence-corrected chi connectivity index (χ2v) is 7.98. The number of rotatable bonds is 9. The Balaban J connectivity index is 2.23. The van der Waals surface area contributed by atoms with Crippen molar-refractivity contribution in [1.29, 1.82) is 0 Å². The highest BCUT2D eigenvalue weighted by Crippen LogP contribution is 2.23. The Hall–Kier alpha value is -1.82. The zero-order valence-electron chi connectivity index (χ0n) is 18.5. The maximum Gasteiger partial charge on any atom is 0.307 e. The fourth-order valence-corrected chi connectivity index (χ4v) is 4.47. The smallest absolute Gasteiger partial charge is 0.307 e. The van der Waals surface area contributed by atoms with Gasteiger partial charge in [-0.15, -0.1) is 0 Å². The summed E-state index contributed by atoms with van der Waals surface area (Å²) in [6, 6.07) is 2.66. The quantitative estimate of drug-likeness (QED) is 0.604. The van der Waals surface area contributed by atoms with Crippen molar-refractivity contribution >= 4 is 11.9 Å². The molecule has 0 bridgehead atoms.